The maximum atomic E-state index is 13.3. The Morgan fingerprint density at radius 2 is 1.81 bits per heavy atom. The predicted octanol–water partition coefficient (Wildman–Crippen LogP) is 3.42. The minimum Gasteiger partial charge on any atom is -0.476 e. The third kappa shape index (κ3) is 3.44. The summed E-state index contributed by atoms with van der Waals surface area (Å²) >= 11 is 3.02. The van der Waals surface area contributed by atoms with E-state index in [2.05, 4.69) is 32.8 Å². The number of carboxylic acid groups (broad SMARTS) is 1. The predicted molar refractivity (Wildman–Crippen MR) is 75.9 cm³/mol. The molecule has 0 saturated heterocycles. The number of carbonyl (C=O) groups is 1. The molecule has 0 bridgehead atoms. The van der Waals surface area contributed by atoms with Crippen LogP contribution in [0.5, 0.6) is 0 Å². The number of halogens is 3. The Bertz CT molecular complexity index is 736. The number of hydrogen-bond donors (Lipinski definition) is 1. The monoisotopic (exact) mass is 351 g/mol. The molecule has 21 heavy (non-hydrogen) atoms. The van der Waals surface area contributed by atoms with Gasteiger partial charge in [0.25, 0.3) is 0 Å². The number of aliphatic carboxylic acids is 1. The Labute approximate surface area is 127 Å². The molecule has 106 valence electrons. The van der Waals surface area contributed by atoms with Crippen molar-refractivity contribution < 1.29 is 18.7 Å². The Balaban J connectivity index is 2.33. The molecule has 0 amide bonds. The van der Waals surface area contributed by atoms with Crippen molar-refractivity contribution in [3.8, 4) is 11.8 Å². The molecule has 0 spiro atoms. The van der Waals surface area contributed by atoms with Gasteiger partial charge < -0.3 is 5.11 Å². The van der Waals surface area contributed by atoms with Crippen LogP contribution in [0.4, 0.5) is 8.78 Å². The Morgan fingerprint density at radius 1 is 1.14 bits per heavy atom. The summed E-state index contributed by atoms with van der Waals surface area (Å²) in [5.41, 5.74) is 0.320. The fraction of sp³-hybridized carbons (Fsp3) is 0.0667. The molecule has 0 aliphatic heterocycles. The molecular weight excluding hydrogens is 344 g/mol. The van der Waals surface area contributed by atoms with Crippen LogP contribution in [0, 0.1) is 11.8 Å². The third-order valence-electron chi connectivity index (χ3n) is 2.55. The van der Waals surface area contributed by atoms with E-state index in [0.29, 0.717) is 5.56 Å². The Kier molecular flexibility index (Phi) is 4.34. The summed E-state index contributed by atoms with van der Waals surface area (Å²) in [4.78, 5) is 14.1. The zero-order valence-corrected chi connectivity index (χ0v) is 12.1. The van der Waals surface area contributed by atoms with E-state index in [1.54, 1.807) is 12.1 Å². The molecular formula is C15H8BrF2NO2. The summed E-state index contributed by atoms with van der Waals surface area (Å²) in [6.45, 7) is 0. The van der Waals surface area contributed by atoms with Gasteiger partial charge in [0.05, 0.1) is 5.56 Å². The lowest BCUT2D eigenvalue weighted by Gasteiger charge is -2.10. The van der Waals surface area contributed by atoms with E-state index in [0.717, 1.165) is 11.6 Å². The first-order valence-corrected chi connectivity index (χ1v) is 6.56. The first-order chi connectivity index (χ1) is 9.91. The first-order valence-electron chi connectivity index (χ1n) is 5.76. The highest BCUT2D eigenvalue weighted by Crippen LogP contribution is 2.28. The largest absolute Gasteiger partial charge is 0.476 e. The van der Waals surface area contributed by atoms with Crippen molar-refractivity contribution in [1.82, 2.24) is 4.98 Å². The molecule has 0 aliphatic carbocycles. The highest BCUT2D eigenvalue weighted by Gasteiger charge is 2.42. The summed E-state index contributed by atoms with van der Waals surface area (Å²) in [5.74, 6) is -0.635. The summed E-state index contributed by atoms with van der Waals surface area (Å²) in [5, 5.41) is 8.47. The van der Waals surface area contributed by atoms with Crippen LogP contribution in [0.3, 0.4) is 0 Å². The second kappa shape index (κ2) is 6.02. The maximum absolute atomic E-state index is 13.3. The number of rotatable bonds is 2. The summed E-state index contributed by atoms with van der Waals surface area (Å²) < 4.78 is 26.7. The van der Waals surface area contributed by atoms with Gasteiger partial charge in [0.2, 0.25) is 0 Å². The van der Waals surface area contributed by atoms with Crippen molar-refractivity contribution >= 4 is 21.9 Å². The molecule has 6 heteroatoms. The second-order valence-corrected chi connectivity index (χ2v) is 4.78. The van der Waals surface area contributed by atoms with Crippen LogP contribution in [-0.4, -0.2) is 16.1 Å². The molecule has 1 aromatic carbocycles. The topological polar surface area (TPSA) is 50.2 Å². The lowest BCUT2D eigenvalue weighted by molar-refractivity contribution is -0.166. The van der Waals surface area contributed by atoms with Crippen molar-refractivity contribution in [2.24, 2.45) is 0 Å². The molecule has 2 rings (SSSR count). The summed E-state index contributed by atoms with van der Waals surface area (Å²) in [6, 6.07) is 11.4. The van der Waals surface area contributed by atoms with E-state index >= 15 is 0 Å². The second-order valence-electron chi connectivity index (χ2n) is 4.03. The van der Waals surface area contributed by atoms with E-state index in [1.807, 2.05) is 18.2 Å². The lowest BCUT2D eigenvalue weighted by atomic mass is 10.1. The van der Waals surface area contributed by atoms with Crippen LogP contribution >= 0.6 is 15.9 Å². The number of carboxylic acids is 1. The van der Waals surface area contributed by atoms with Crippen LogP contribution in [0.2, 0.25) is 0 Å². The first kappa shape index (κ1) is 15.1. The molecule has 0 saturated carbocycles. The van der Waals surface area contributed by atoms with Crippen LogP contribution < -0.4 is 0 Å². The van der Waals surface area contributed by atoms with Crippen molar-refractivity contribution in [3.63, 3.8) is 0 Å². The van der Waals surface area contributed by atoms with E-state index in [9.17, 15) is 13.6 Å². The fourth-order valence-corrected chi connectivity index (χ4v) is 1.90. The SMILES string of the molecule is O=C(O)C(F)(F)c1ccc(C#Cc2ccccc2)c(Br)n1. The fourth-order valence-electron chi connectivity index (χ4n) is 1.47. The van der Waals surface area contributed by atoms with Gasteiger partial charge in [-0.25, -0.2) is 9.78 Å². The van der Waals surface area contributed by atoms with E-state index < -0.39 is 17.6 Å². The average Bonchev–Trinajstić information content (AvgIpc) is 2.46. The molecule has 0 fully saturated rings. The molecule has 0 unspecified atom stereocenters. The molecule has 1 N–H and O–H groups in total. The van der Waals surface area contributed by atoms with Gasteiger partial charge in [-0.1, -0.05) is 30.0 Å². The van der Waals surface area contributed by atoms with Crippen molar-refractivity contribution in [2.45, 2.75) is 5.92 Å². The molecule has 0 atom stereocenters. The molecule has 1 heterocycles. The average molecular weight is 352 g/mol. The van der Waals surface area contributed by atoms with Gasteiger partial charge in [0, 0.05) is 5.56 Å². The lowest BCUT2D eigenvalue weighted by Crippen LogP contribution is -2.26. The van der Waals surface area contributed by atoms with E-state index in [-0.39, 0.29) is 4.60 Å². The van der Waals surface area contributed by atoms with Crippen LogP contribution in [0.25, 0.3) is 0 Å². The highest BCUT2D eigenvalue weighted by molar-refractivity contribution is 9.10. The van der Waals surface area contributed by atoms with Gasteiger partial charge in [-0.2, -0.15) is 8.78 Å². The molecule has 0 radical (unpaired) electrons. The zero-order chi connectivity index (χ0) is 15.5. The Hall–Kier alpha value is -2.26. The summed E-state index contributed by atoms with van der Waals surface area (Å²) in [7, 11) is 0. The van der Waals surface area contributed by atoms with Crippen LogP contribution in [-0.2, 0) is 10.7 Å². The van der Waals surface area contributed by atoms with Gasteiger partial charge in [0.15, 0.2) is 0 Å². The number of nitrogens with zero attached hydrogens (tertiary/aromatic N) is 1. The normalized spacial score (nSPS) is 10.6. The van der Waals surface area contributed by atoms with Gasteiger partial charge in [-0.3, -0.25) is 0 Å². The molecule has 2 aromatic rings. The molecule has 3 nitrogen and oxygen atoms in total. The van der Waals surface area contributed by atoms with Gasteiger partial charge in [-0.05, 0) is 40.2 Å². The zero-order valence-electron chi connectivity index (χ0n) is 10.5. The number of aromatic nitrogens is 1. The minimum absolute atomic E-state index is 0.0735. The van der Waals surface area contributed by atoms with E-state index in [1.165, 1.54) is 6.07 Å². The number of pyridine rings is 1. The minimum atomic E-state index is -4.03. The Morgan fingerprint density at radius 3 is 2.38 bits per heavy atom. The molecule has 1 aromatic heterocycles. The van der Waals surface area contributed by atoms with Gasteiger partial charge in [-0.15, -0.1) is 0 Å². The van der Waals surface area contributed by atoms with Crippen molar-refractivity contribution in [1.29, 1.82) is 0 Å². The number of benzene rings is 1. The van der Waals surface area contributed by atoms with Crippen molar-refractivity contribution in [2.75, 3.05) is 0 Å². The van der Waals surface area contributed by atoms with Crippen LogP contribution in [0.15, 0.2) is 47.1 Å². The smallest absolute Gasteiger partial charge is 0.384 e. The number of alkyl halides is 2. The number of hydrogen-bond acceptors (Lipinski definition) is 2. The van der Waals surface area contributed by atoms with E-state index in [4.69, 9.17) is 5.11 Å². The third-order valence-corrected chi connectivity index (χ3v) is 3.16. The van der Waals surface area contributed by atoms with Crippen molar-refractivity contribution in [3.05, 3.63) is 63.9 Å². The quantitative estimate of drug-likeness (QED) is 0.666. The maximum Gasteiger partial charge on any atom is 0.384 e. The van der Waals surface area contributed by atoms with Gasteiger partial charge in [0.1, 0.15) is 10.3 Å². The van der Waals surface area contributed by atoms with Gasteiger partial charge >= 0.3 is 11.9 Å². The highest BCUT2D eigenvalue weighted by atomic mass is 79.9. The summed E-state index contributed by atoms with van der Waals surface area (Å²) in [6.07, 6.45) is 0. The van der Waals surface area contributed by atoms with Crippen LogP contribution in [0.1, 0.15) is 16.8 Å². The molecule has 0 aliphatic rings. The standard InChI is InChI=1S/C15H8BrF2NO2/c16-13-11(7-6-10-4-2-1-3-5-10)8-9-12(19-13)15(17,18)14(20)21/h1-5,8-9H,(H,20,21).